The normalized spacial score (nSPS) is 12.0. The van der Waals surface area contributed by atoms with Crippen molar-refractivity contribution in [1.82, 2.24) is 15.2 Å². The quantitative estimate of drug-likeness (QED) is 0.299. The van der Waals surface area contributed by atoms with E-state index in [1.165, 1.54) is 4.90 Å². The number of aromatic amines is 1. The number of nitrogens with one attached hydrogen (secondary N) is 2. The molecule has 3 aromatic carbocycles. The molecule has 0 aliphatic rings. The average Bonchev–Trinajstić information content (AvgIpc) is 3.27. The van der Waals surface area contributed by atoms with E-state index in [2.05, 4.69) is 10.3 Å². The molecule has 0 spiro atoms. The number of ketones is 1. The van der Waals surface area contributed by atoms with Gasteiger partial charge in [0.05, 0.1) is 17.1 Å². The number of benzene rings is 3. The molecule has 4 aromatic rings. The molecule has 7 heteroatoms. The first-order valence-electron chi connectivity index (χ1n) is 10.9. The first kappa shape index (κ1) is 24.0. The smallest absolute Gasteiger partial charge is 0.255 e. The summed E-state index contributed by atoms with van der Waals surface area (Å²) in [5.74, 6) is -0.196. The Morgan fingerprint density at radius 2 is 1.74 bits per heavy atom. The van der Waals surface area contributed by atoms with Gasteiger partial charge in [-0.1, -0.05) is 71.7 Å². The van der Waals surface area contributed by atoms with Crippen LogP contribution in [0.1, 0.15) is 37.9 Å². The van der Waals surface area contributed by atoms with Gasteiger partial charge < -0.3 is 15.2 Å². The van der Waals surface area contributed by atoms with Crippen LogP contribution >= 0.6 is 23.2 Å². The maximum atomic E-state index is 13.8. The molecule has 0 radical (unpaired) electrons. The predicted octanol–water partition coefficient (Wildman–Crippen LogP) is 5.93. The van der Waals surface area contributed by atoms with Gasteiger partial charge in [0.2, 0.25) is 0 Å². The van der Waals surface area contributed by atoms with Crippen molar-refractivity contribution in [3.05, 3.63) is 105 Å². The van der Waals surface area contributed by atoms with Crippen LogP contribution in [0.15, 0.2) is 72.9 Å². The zero-order valence-corrected chi connectivity index (χ0v) is 20.5. The Morgan fingerprint density at radius 3 is 2.44 bits per heavy atom. The SMILES string of the molecule is CN(C)C(=O)c1cccc2c(C(=O)[C@H](NCCc3ccc(Cl)cc3Cl)c3ccccc3)c[nH]c12. The van der Waals surface area contributed by atoms with Gasteiger partial charge in [0.25, 0.3) is 5.91 Å². The third-order valence-corrected chi connectivity index (χ3v) is 6.36. The maximum absolute atomic E-state index is 13.8. The fourth-order valence-electron chi connectivity index (χ4n) is 4.02. The van der Waals surface area contributed by atoms with Crippen molar-refractivity contribution >= 4 is 45.8 Å². The van der Waals surface area contributed by atoms with Crippen molar-refractivity contribution in [3.8, 4) is 0 Å². The second-order valence-electron chi connectivity index (χ2n) is 8.28. The molecule has 0 aliphatic carbocycles. The van der Waals surface area contributed by atoms with Gasteiger partial charge in [-0.25, -0.2) is 0 Å². The lowest BCUT2D eigenvalue weighted by molar-refractivity contribution is 0.0828. The van der Waals surface area contributed by atoms with E-state index < -0.39 is 6.04 Å². The standard InChI is InChI=1S/C27H25Cl2N3O2/c1-32(2)27(34)21-10-6-9-20-22(16-31-25(20)21)26(33)24(18-7-4-3-5-8-18)30-14-13-17-11-12-19(28)15-23(17)29/h3-12,15-16,24,30-31H,13-14H2,1-2H3/t24-/m1/s1. The number of H-pyrrole nitrogens is 1. The third-order valence-electron chi connectivity index (χ3n) is 5.77. The summed E-state index contributed by atoms with van der Waals surface area (Å²) in [4.78, 5) is 31.0. The minimum atomic E-state index is -0.556. The van der Waals surface area contributed by atoms with Crippen LogP contribution < -0.4 is 5.32 Å². The lowest BCUT2D eigenvalue weighted by atomic mass is 9.96. The van der Waals surface area contributed by atoms with Crippen LogP contribution in [0, 0.1) is 0 Å². The van der Waals surface area contributed by atoms with E-state index in [0.29, 0.717) is 39.7 Å². The van der Waals surface area contributed by atoms with E-state index in [1.807, 2.05) is 42.5 Å². The van der Waals surface area contributed by atoms with Gasteiger partial charge in [-0.15, -0.1) is 0 Å². The number of fused-ring (bicyclic) bond motifs is 1. The molecule has 0 saturated heterocycles. The maximum Gasteiger partial charge on any atom is 0.255 e. The van der Waals surface area contributed by atoms with Crippen LogP contribution in [0.3, 0.4) is 0 Å². The summed E-state index contributed by atoms with van der Waals surface area (Å²) in [6.45, 7) is 0.541. The number of carbonyl (C=O) groups is 2. The fraction of sp³-hybridized carbons (Fsp3) is 0.185. The van der Waals surface area contributed by atoms with Crippen molar-refractivity contribution in [2.45, 2.75) is 12.5 Å². The highest BCUT2D eigenvalue weighted by Gasteiger charge is 2.25. The van der Waals surface area contributed by atoms with E-state index >= 15 is 0 Å². The zero-order valence-electron chi connectivity index (χ0n) is 18.9. The van der Waals surface area contributed by atoms with Crippen LogP contribution in [0.2, 0.25) is 10.0 Å². The van der Waals surface area contributed by atoms with Crippen LogP contribution in [0.5, 0.6) is 0 Å². The topological polar surface area (TPSA) is 65.2 Å². The second-order valence-corrected chi connectivity index (χ2v) is 9.12. The summed E-state index contributed by atoms with van der Waals surface area (Å²) < 4.78 is 0. The molecule has 0 fully saturated rings. The van der Waals surface area contributed by atoms with Crippen LogP contribution in [0.25, 0.3) is 10.9 Å². The Bertz CT molecular complexity index is 1330. The largest absolute Gasteiger partial charge is 0.360 e. The van der Waals surface area contributed by atoms with Gasteiger partial charge in [0.1, 0.15) is 0 Å². The summed E-state index contributed by atoms with van der Waals surface area (Å²) in [5, 5.41) is 5.32. The molecule has 1 heterocycles. The number of rotatable bonds is 8. The molecule has 5 nitrogen and oxygen atoms in total. The number of para-hydroxylation sites is 1. The van der Waals surface area contributed by atoms with Crippen molar-refractivity contribution in [3.63, 3.8) is 0 Å². The number of hydrogen-bond acceptors (Lipinski definition) is 3. The molecule has 1 aromatic heterocycles. The number of amides is 1. The van der Waals surface area contributed by atoms with Crippen molar-refractivity contribution in [2.75, 3.05) is 20.6 Å². The number of aromatic nitrogens is 1. The lowest BCUT2D eigenvalue weighted by Crippen LogP contribution is -2.30. The van der Waals surface area contributed by atoms with Crippen molar-refractivity contribution < 1.29 is 9.59 Å². The first-order valence-corrected chi connectivity index (χ1v) is 11.7. The Labute approximate surface area is 208 Å². The number of Topliss-reactive ketones (excluding diaryl/α,β-unsaturated/α-hetero) is 1. The molecule has 0 bridgehead atoms. The van der Waals surface area contributed by atoms with Crippen LogP contribution in [-0.4, -0.2) is 42.2 Å². The highest BCUT2D eigenvalue weighted by Crippen LogP contribution is 2.28. The molecule has 0 aliphatic heterocycles. The molecule has 2 N–H and O–H groups in total. The van der Waals surface area contributed by atoms with E-state index in [4.69, 9.17) is 23.2 Å². The van der Waals surface area contributed by atoms with Gasteiger partial charge in [0.15, 0.2) is 5.78 Å². The predicted molar refractivity (Wildman–Crippen MR) is 138 cm³/mol. The molecule has 4 rings (SSSR count). The molecular formula is C27H25Cl2N3O2. The number of halogens is 2. The first-order chi connectivity index (χ1) is 16.4. The molecule has 0 saturated carbocycles. The summed E-state index contributed by atoms with van der Waals surface area (Å²) in [7, 11) is 3.41. The lowest BCUT2D eigenvalue weighted by Gasteiger charge is -2.18. The number of nitrogens with zero attached hydrogens (tertiary/aromatic N) is 1. The van der Waals surface area contributed by atoms with Gasteiger partial charge >= 0.3 is 0 Å². The fourth-order valence-corrected chi connectivity index (χ4v) is 4.52. The molecule has 174 valence electrons. The molecule has 1 amide bonds. The van der Waals surface area contributed by atoms with E-state index in [-0.39, 0.29) is 11.7 Å². The zero-order chi connectivity index (χ0) is 24.2. The summed E-state index contributed by atoms with van der Waals surface area (Å²) in [6.07, 6.45) is 2.33. The van der Waals surface area contributed by atoms with Gasteiger partial charge in [-0.3, -0.25) is 9.59 Å². The van der Waals surface area contributed by atoms with E-state index in [9.17, 15) is 9.59 Å². The Kier molecular flexibility index (Phi) is 7.37. The third kappa shape index (κ3) is 5.02. The van der Waals surface area contributed by atoms with Gasteiger partial charge in [0, 0.05) is 47.8 Å². The van der Waals surface area contributed by atoms with Gasteiger partial charge in [-0.2, -0.15) is 0 Å². The van der Waals surface area contributed by atoms with Crippen molar-refractivity contribution in [2.24, 2.45) is 0 Å². The molecule has 34 heavy (non-hydrogen) atoms. The second kappa shape index (κ2) is 10.4. The Hall–Kier alpha value is -3.12. The van der Waals surface area contributed by atoms with Crippen molar-refractivity contribution in [1.29, 1.82) is 0 Å². The highest BCUT2D eigenvalue weighted by molar-refractivity contribution is 6.35. The molecular weight excluding hydrogens is 469 g/mol. The Morgan fingerprint density at radius 1 is 0.971 bits per heavy atom. The summed E-state index contributed by atoms with van der Waals surface area (Å²) >= 11 is 12.3. The van der Waals surface area contributed by atoms with E-state index in [1.54, 1.807) is 44.6 Å². The summed E-state index contributed by atoms with van der Waals surface area (Å²) in [5.41, 5.74) is 3.54. The molecule has 0 unspecified atom stereocenters. The highest BCUT2D eigenvalue weighted by atomic mass is 35.5. The molecule has 1 atom stereocenters. The Balaban J connectivity index is 1.63. The van der Waals surface area contributed by atoms with Gasteiger partial charge in [-0.05, 0) is 35.7 Å². The monoisotopic (exact) mass is 493 g/mol. The minimum absolute atomic E-state index is 0.0749. The van der Waals surface area contributed by atoms with E-state index in [0.717, 1.165) is 16.5 Å². The average molecular weight is 494 g/mol. The minimum Gasteiger partial charge on any atom is -0.360 e. The van der Waals surface area contributed by atoms with Crippen LogP contribution in [0.4, 0.5) is 0 Å². The summed E-state index contributed by atoms with van der Waals surface area (Å²) in [6, 6.07) is 19.9. The number of hydrogen-bond donors (Lipinski definition) is 2. The van der Waals surface area contributed by atoms with Crippen LogP contribution in [-0.2, 0) is 6.42 Å². The number of carbonyl (C=O) groups excluding carboxylic acids is 2.